The minimum absolute atomic E-state index is 0.0745. The molecule has 3 N–H and O–H groups in total. The van der Waals surface area contributed by atoms with Crippen molar-refractivity contribution in [3.05, 3.63) is 95.1 Å². The van der Waals surface area contributed by atoms with Gasteiger partial charge in [-0.3, -0.25) is 9.59 Å². The topological polar surface area (TPSA) is 105 Å². The average Bonchev–Trinajstić information content (AvgIpc) is 3.19. The van der Waals surface area contributed by atoms with E-state index in [1.54, 1.807) is 0 Å². The van der Waals surface area contributed by atoms with E-state index in [1.807, 2.05) is 79.7 Å². The molecule has 7 nitrogen and oxygen atoms in total. The Labute approximate surface area is 204 Å². The lowest BCUT2D eigenvalue weighted by Crippen LogP contribution is -2.48. The van der Waals surface area contributed by atoms with Crippen LogP contribution in [0.25, 0.3) is 11.1 Å². The van der Waals surface area contributed by atoms with Gasteiger partial charge in [-0.15, -0.1) is 0 Å². The molecule has 0 aromatic heterocycles. The molecule has 35 heavy (non-hydrogen) atoms. The minimum Gasteiger partial charge on any atom is -0.481 e. The van der Waals surface area contributed by atoms with E-state index in [-0.39, 0.29) is 19.1 Å². The molecule has 7 heteroatoms. The van der Waals surface area contributed by atoms with Gasteiger partial charge in [0.2, 0.25) is 5.91 Å². The molecule has 1 aliphatic rings. The minimum atomic E-state index is -1.25. The van der Waals surface area contributed by atoms with Crippen LogP contribution < -0.4 is 10.6 Å². The number of hydrogen-bond donors (Lipinski definition) is 3. The van der Waals surface area contributed by atoms with Crippen LogP contribution in [0.15, 0.2) is 72.8 Å². The Bertz CT molecular complexity index is 1190. The van der Waals surface area contributed by atoms with Crippen LogP contribution in [0.4, 0.5) is 4.79 Å². The summed E-state index contributed by atoms with van der Waals surface area (Å²) in [5, 5.41) is 14.4. The van der Waals surface area contributed by atoms with Gasteiger partial charge in [-0.1, -0.05) is 79.7 Å². The molecule has 2 amide bonds. The van der Waals surface area contributed by atoms with Crippen molar-refractivity contribution in [1.29, 1.82) is 0 Å². The number of carboxylic acids is 1. The van der Waals surface area contributed by atoms with Gasteiger partial charge in [0.05, 0.1) is 6.42 Å². The van der Waals surface area contributed by atoms with Gasteiger partial charge in [-0.2, -0.15) is 0 Å². The van der Waals surface area contributed by atoms with Gasteiger partial charge in [0, 0.05) is 12.5 Å². The maximum atomic E-state index is 12.7. The van der Waals surface area contributed by atoms with E-state index < -0.39 is 30.4 Å². The molecule has 1 aliphatic carbocycles. The third kappa shape index (κ3) is 5.51. The standard InChI is InChI=1S/C28H28N2O5/c1-2-18-9-3-4-10-19(18)16-29-27(33)25(15-26(31)32)30-28(34)35-17-24-22-13-7-5-11-20(22)21-12-6-8-14-23(21)24/h3-14,24-25H,2,15-17H2,1H3,(H,29,33)(H,30,34)(H,31,32). The van der Waals surface area contributed by atoms with E-state index in [9.17, 15) is 19.5 Å². The van der Waals surface area contributed by atoms with E-state index in [2.05, 4.69) is 10.6 Å². The molecule has 0 saturated heterocycles. The molecule has 0 spiro atoms. The summed E-state index contributed by atoms with van der Waals surface area (Å²) >= 11 is 0. The molecule has 0 saturated carbocycles. The van der Waals surface area contributed by atoms with Crippen LogP contribution in [-0.4, -0.2) is 35.7 Å². The van der Waals surface area contributed by atoms with E-state index in [1.165, 1.54) is 0 Å². The van der Waals surface area contributed by atoms with Crippen molar-refractivity contribution < 1.29 is 24.2 Å². The number of fused-ring (bicyclic) bond motifs is 3. The van der Waals surface area contributed by atoms with Crippen molar-refractivity contribution in [3.63, 3.8) is 0 Å². The van der Waals surface area contributed by atoms with Crippen molar-refractivity contribution in [3.8, 4) is 11.1 Å². The Morgan fingerprint density at radius 3 is 2.06 bits per heavy atom. The molecule has 0 fully saturated rings. The number of amides is 2. The van der Waals surface area contributed by atoms with Gasteiger partial charge >= 0.3 is 12.1 Å². The normalized spacial score (nSPS) is 12.8. The van der Waals surface area contributed by atoms with Crippen LogP contribution in [0.1, 0.15) is 41.5 Å². The van der Waals surface area contributed by atoms with Crippen molar-refractivity contribution in [2.45, 2.75) is 38.3 Å². The first-order valence-corrected chi connectivity index (χ1v) is 11.7. The number of aryl methyl sites for hydroxylation is 1. The highest BCUT2D eigenvalue weighted by Crippen LogP contribution is 2.44. The van der Waals surface area contributed by atoms with Crippen LogP contribution in [0.3, 0.4) is 0 Å². The Kier molecular flexibility index (Phi) is 7.45. The molecule has 3 aromatic carbocycles. The predicted molar refractivity (Wildman–Crippen MR) is 132 cm³/mol. The Balaban J connectivity index is 1.39. The lowest BCUT2D eigenvalue weighted by Gasteiger charge is -2.19. The fraction of sp³-hybridized carbons (Fsp3) is 0.250. The van der Waals surface area contributed by atoms with E-state index in [4.69, 9.17) is 4.74 Å². The first-order chi connectivity index (χ1) is 17.0. The number of nitrogens with one attached hydrogen (secondary N) is 2. The van der Waals surface area contributed by atoms with Crippen LogP contribution in [0, 0.1) is 0 Å². The molecule has 0 aliphatic heterocycles. The van der Waals surface area contributed by atoms with E-state index in [0.29, 0.717) is 0 Å². The molecule has 4 rings (SSSR count). The first kappa shape index (κ1) is 24.0. The number of aliphatic carboxylic acids is 1. The van der Waals surface area contributed by atoms with Gasteiger partial charge in [0.15, 0.2) is 0 Å². The molecule has 3 aromatic rings. The fourth-order valence-corrected chi connectivity index (χ4v) is 4.55. The maximum absolute atomic E-state index is 12.7. The zero-order chi connectivity index (χ0) is 24.8. The van der Waals surface area contributed by atoms with Crippen LogP contribution in [0.2, 0.25) is 0 Å². The average molecular weight is 473 g/mol. The molecule has 1 atom stereocenters. The van der Waals surface area contributed by atoms with Crippen molar-refractivity contribution in [1.82, 2.24) is 10.6 Å². The smallest absolute Gasteiger partial charge is 0.407 e. The third-order valence-electron chi connectivity index (χ3n) is 6.28. The zero-order valence-electron chi connectivity index (χ0n) is 19.5. The highest BCUT2D eigenvalue weighted by Gasteiger charge is 2.30. The lowest BCUT2D eigenvalue weighted by atomic mass is 9.98. The molecule has 1 unspecified atom stereocenters. The second-order valence-corrected chi connectivity index (χ2v) is 8.46. The number of benzene rings is 3. The zero-order valence-corrected chi connectivity index (χ0v) is 19.5. The van der Waals surface area contributed by atoms with Crippen LogP contribution >= 0.6 is 0 Å². The summed E-state index contributed by atoms with van der Waals surface area (Å²) in [5.41, 5.74) is 6.37. The van der Waals surface area contributed by atoms with Gasteiger partial charge in [0.1, 0.15) is 12.6 Å². The molecular weight excluding hydrogens is 444 g/mol. The summed E-state index contributed by atoms with van der Waals surface area (Å²) in [5.74, 6) is -1.91. The summed E-state index contributed by atoms with van der Waals surface area (Å²) < 4.78 is 5.48. The van der Waals surface area contributed by atoms with Crippen molar-refractivity contribution >= 4 is 18.0 Å². The molecule has 0 radical (unpaired) electrons. The SMILES string of the molecule is CCc1ccccc1CNC(=O)C(CC(=O)O)NC(=O)OCC1c2ccccc2-c2ccccc21. The lowest BCUT2D eigenvalue weighted by molar-refractivity contribution is -0.139. The first-order valence-electron chi connectivity index (χ1n) is 11.7. The summed E-state index contributed by atoms with van der Waals surface area (Å²) in [6.45, 7) is 2.34. The number of hydrogen-bond acceptors (Lipinski definition) is 4. The Morgan fingerprint density at radius 2 is 1.46 bits per heavy atom. The maximum Gasteiger partial charge on any atom is 0.407 e. The van der Waals surface area contributed by atoms with E-state index >= 15 is 0 Å². The van der Waals surface area contributed by atoms with Gasteiger partial charge < -0.3 is 20.5 Å². The number of carbonyl (C=O) groups excluding carboxylic acids is 2. The number of ether oxygens (including phenoxy) is 1. The quantitative estimate of drug-likeness (QED) is 0.432. The summed E-state index contributed by atoms with van der Waals surface area (Å²) in [4.78, 5) is 36.7. The number of carbonyl (C=O) groups is 3. The number of alkyl carbamates (subject to hydrolysis) is 1. The molecule has 180 valence electrons. The highest BCUT2D eigenvalue weighted by molar-refractivity contribution is 5.89. The monoisotopic (exact) mass is 472 g/mol. The molecular formula is C28H28N2O5. The van der Waals surface area contributed by atoms with E-state index in [0.717, 1.165) is 39.8 Å². The second-order valence-electron chi connectivity index (χ2n) is 8.46. The van der Waals surface area contributed by atoms with Crippen molar-refractivity contribution in [2.24, 2.45) is 0 Å². The summed E-state index contributed by atoms with van der Waals surface area (Å²) in [6, 6.07) is 22.4. The molecule has 0 heterocycles. The largest absolute Gasteiger partial charge is 0.481 e. The number of rotatable bonds is 9. The van der Waals surface area contributed by atoms with Gasteiger partial charge in [0.25, 0.3) is 0 Å². The third-order valence-corrected chi connectivity index (χ3v) is 6.28. The second kappa shape index (κ2) is 10.9. The van der Waals surface area contributed by atoms with Gasteiger partial charge in [-0.05, 0) is 39.8 Å². The summed E-state index contributed by atoms with van der Waals surface area (Å²) in [7, 11) is 0. The fourth-order valence-electron chi connectivity index (χ4n) is 4.55. The van der Waals surface area contributed by atoms with Crippen LogP contribution in [-0.2, 0) is 27.3 Å². The van der Waals surface area contributed by atoms with Crippen molar-refractivity contribution in [2.75, 3.05) is 6.61 Å². The number of carboxylic acid groups (broad SMARTS) is 1. The molecule has 0 bridgehead atoms. The predicted octanol–water partition coefficient (Wildman–Crippen LogP) is 4.25. The van der Waals surface area contributed by atoms with Gasteiger partial charge in [-0.25, -0.2) is 4.79 Å². The Hall–Kier alpha value is -4.13. The highest BCUT2D eigenvalue weighted by atomic mass is 16.5. The van der Waals surface area contributed by atoms with Crippen LogP contribution in [0.5, 0.6) is 0 Å². The summed E-state index contributed by atoms with van der Waals surface area (Å²) in [6.07, 6.45) is -0.573. The Morgan fingerprint density at radius 1 is 0.886 bits per heavy atom.